The molecule has 0 heterocycles. The molecule has 13 heavy (non-hydrogen) atoms. The van der Waals surface area contributed by atoms with Crippen LogP contribution >= 0.6 is 0 Å². The van der Waals surface area contributed by atoms with E-state index in [1.165, 1.54) is 0 Å². The molecule has 1 unspecified atom stereocenters. The molecular weight excluding hydrogens is 164 g/mol. The number of ether oxygens (including phenoxy) is 1. The van der Waals surface area contributed by atoms with Gasteiger partial charge in [-0.1, -0.05) is 19.1 Å². The first-order valence-corrected chi connectivity index (χ1v) is 4.46. The summed E-state index contributed by atoms with van der Waals surface area (Å²) in [6.45, 7) is 4.49. The van der Waals surface area contributed by atoms with E-state index in [0.29, 0.717) is 6.61 Å². The fourth-order valence-corrected chi connectivity index (χ4v) is 1.11. The zero-order valence-electron chi connectivity index (χ0n) is 7.99. The van der Waals surface area contributed by atoms with Crippen LogP contribution in [0.4, 0.5) is 0 Å². The van der Waals surface area contributed by atoms with Crippen molar-refractivity contribution in [2.75, 3.05) is 6.61 Å². The van der Waals surface area contributed by atoms with Gasteiger partial charge in [0.2, 0.25) is 0 Å². The third-order valence-corrected chi connectivity index (χ3v) is 1.92. The third kappa shape index (κ3) is 2.58. The maximum atomic E-state index is 10.5. The van der Waals surface area contributed by atoms with Gasteiger partial charge < -0.3 is 9.53 Å². The van der Waals surface area contributed by atoms with E-state index in [1.807, 2.05) is 38.1 Å². The van der Waals surface area contributed by atoms with Gasteiger partial charge in [-0.05, 0) is 24.6 Å². The minimum atomic E-state index is -0.0318. The quantitative estimate of drug-likeness (QED) is 0.662. The van der Waals surface area contributed by atoms with Gasteiger partial charge in [-0.15, -0.1) is 0 Å². The van der Waals surface area contributed by atoms with Crippen LogP contribution in [-0.2, 0) is 4.79 Å². The maximum Gasteiger partial charge on any atom is 0.127 e. The minimum Gasteiger partial charge on any atom is -0.494 e. The summed E-state index contributed by atoms with van der Waals surface area (Å²) >= 11 is 0. The lowest BCUT2D eigenvalue weighted by Gasteiger charge is -2.06. The molecule has 0 aromatic heterocycles. The molecule has 0 saturated carbocycles. The topological polar surface area (TPSA) is 26.3 Å². The smallest absolute Gasteiger partial charge is 0.127 e. The average molecular weight is 178 g/mol. The first kappa shape index (κ1) is 9.78. The summed E-state index contributed by atoms with van der Waals surface area (Å²) in [7, 11) is 0. The zero-order valence-corrected chi connectivity index (χ0v) is 7.99. The molecule has 2 heteroatoms. The largest absolute Gasteiger partial charge is 0.494 e. The predicted molar refractivity (Wildman–Crippen MR) is 52.1 cm³/mol. The van der Waals surface area contributed by atoms with Gasteiger partial charge in [0.05, 0.1) is 6.61 Å². The summed E-state index contributed by atoms with van der Waals surface area (Å²) in [5.74, 6) is 0.819. The van der Waals surface area contributed by atoms with E-state index < -0.39 is 0 Å². The molecule has 1 atom stereocenters. The van der Waals surface area contributed by atoms with Crippen LogP contribution in [0, 0.1) is 0 Å². The van der Waals surface area contributed by atoms with Crippen LogP contribution in [0.15, 0.2) is 24.3 Å². The highest BCUT2D eigenvalue weighted by Crippen LogP contribution is 2.17. The van der Waals surface area contributed by atoms with Crippen LogP contribution in [0.5, 0.6) is 5.75 Å². The normalized spacial score (nSPS) is 12.2. The van der Waals surface area contributed by atoms with E-state index in [0.717, 1.165) is 17.6 Å². The van der Waals surface area contributed by atoms with Crippen LogP contribution in [0.1, 0.15) is 25.3 Å². The average Bonchev–Trinajstić information content (AvgIpc) is 2.18. The molecule has 0 aliphatic carbocycles. The molecule has 2 nitrogen and oxygen atoms in total. The lowest BCUT2D eigenvalue weighted by Crippen LogP contribution is -1.95. The Morgan fingerprint density at radius 1 is 1.38 bits per heavy atom. The molecular formula is C11H14O2. The van der Waals surface area contributed by atoms with E-state index in [2.05, 4.69) is 0 Å². The maximum absolute atomic E-state index is 10.5. The Balaban J connectivity index is 2.74. The highest BCUT2D eigenvalue weighted by atomic mass is 16.5. The molecule has 0 bridgehead atoms. The van der Waals surface area contributed by atoms with Gasteiger partial charge in [-0.2, -0.15) is 0 Å². The molecule has 1 rings (SSSR count). The fourth-order valence-electron chi connectivity index (χ4n) is 1.11. The van der Waals surface area contributed by atoms with Gasteiger partial charge in [0.15, 0.2) is 0 Å². The van der Waals surface area contributed by atoms with Crippen LogP contribution in [0.25, 0.3) is 0 Å². The summed E-state index contributed by atoms with van der Waals surface area (Å²) in [4.78, 5) is 10.5. The van der Waals surface area contributed by atoms with Gasteiger partial charge in [0, 0.05) is 5.92 Å². The Labute approximate surface area is 78.5 Å². The number of hydrogen-bond donors (Lipinski definition) is 0. The molecule has 0 N–H and O–H groups in total. The van der Waals surface area contributed by atoms with Crippen molar-refractivity contribution in [3.05, 3.63) is 29.8 Å². The number of rotatable bonds is 4. The van der Waals surface area contributed by atoms with Crippen molar-refractivity contribution < 1.29 is 9.53 Å². The van der Waals surface area contributed by atoms with Crippen molar-refractivity contribution >= 4 is 6.29 Å². The molecule has 0 amide bonds. The third-order valence-electron chi connectivity index (χ3n) is 1.92. The van der Waals surface area contributed by atoms with E-state index in [1.54, 1.807) is 0 Å². The number of aldehydes is 1. The number of carbonyl (C=O) groups is 1. The molecule has 0 spiro atoms. The van der Waals surface area contributed by atoms with Crippen molar-refractivity contribution in [2.24, 2.45) is 0 Å². The molecule has 70 valence electrons. The van der Waals surface area contributed by atoms with Crippen molar-refractivity contribution in [2.45, 2.75) is 19.8 Å². The summed E-state index contributed by atoms with van der Waals surface area (Å²) < 4.78 is 5.29. The Hall–Kier alpha value is -1.31. The lowest BCUT2D eigenvalue weighted by atomic mass is 10.0. The van der Waals surface area contributed by atoms with Crippen molar-refractivity contribution in [1.82, 2.24) is 0 Å². The molecule has 0 radical (unpaired) electrons. The van der Waals surface area contributed by atoms with E-state index >= 15 is 0 Å². The Morgan fingerprint density at radius 3 is 2.46 bits per heavy atom. The second-order valence-electron chi connectivity index (χ2n) is 2.93. The second-order valence-corrected chi connectivity index (χ2v) is 2.93. The van der Waals surface area contributed by atoms with Crippen LogP contribution in [0.2, 0.25) is 0 Å². The highest BCUT2D eigenvalue weighted by Gasteiger charge is 2.02. The minimum absolute atomic E-state index is 0.0318. The van der Waals surface area contributed by atoms with Gasteiger partial charge in [0.1, 0.15) is 12.0 Å². The Kier molecular flexibility index (Phi) is 3.50. The van der Waals surface area contributed by atoms with Crippen LogP contribution in [-0.4, -0.2) is 12.9 Å². The van der Waals surface area contributed by atoms with Crippen LogP contribution in [0.3, 0.4) is 0 Å². The number of hydrogen-bond acceptors (Lipinski definition) is 2. The molecule has 0 saturated heterocycles. The summed E-state index contributed by atoms with van der Waals surface area (Å²) in [5.41, 5.74) is 1.03. The van der Waals surface area contributed by atoms with Crippen molar-refractivity contribution in [1.29, 1.82) is 0 Å². The predicted octanol–water partition coefficient (Wildman–Crippen LogP) is 2.39. The standard InChI is InChI=1S/C11H14O2/c1-3-13-11-6-4-10(5-7-11)9(2)8-12/h4-9H,3H2,1-2H3. The molecule has 1 aromatic carbocycles. The molecule has 0 aliphatic rings. The first-order valence-electron chi connectivity index (χ1n) is 4.46. The van der Waals surface area contributed by atoms with Gasteiger partial charge >= 0.3 is 0 Å². The van der Waals surface area contributed by atoms with E-state index in [-0.39, 0.29) is 5.92 Å². The van der Waals surface area contributed by atoms with Crippen molar-refractivity contribution in [3.8, 4) is 5.75 Å². The second kappa shape index (κ2) is 4.65. The zero-order chi connectivity index (χ0) is 9.68. The summed E-state index contributed by atoms with van der Waals surface area (Å²) in [5, 5.41) is 0. The van der Waals surface area contributed by atoms with Gasteiger partial charge in [-0.3, -0.25) is 0 Å². The Morgan fingerprint density at radius 2 is 2.00 bits per heavy atom. The monoisotopic (exact) mass is 178 g/mol. The van der Waals surface area contributed by atoms with Crippen LogP contribution < -0.4 is 4.74 Å². The summed E-state index contributed by atoms with van der Waals surface area (Å²) in [6.07, 6.45) is 0.940. The van der Waals surface area contributed by atoms with Gasteiger partial charge in [0.25, 0.3) is 0 Å². The first-order chi connectivity index (χ1) is 6.27. The Bertz CT molecular complexity index is 264. The molecule has 0 fully saturated rings. The van der Waals surface area contributed by atoms with E-state index in [4.69, 9.17) is 4.74 Å². The highest BCUT2D eigenvalue weighted by molar-refractivity contribution is 5.61. The SMILES string of the molecule is CCOc1ccc(C(C)C=O)cc1. The fraction of sp³-hybridized carbons (Fsp3) is 0.364. The summed E-state index contributed by atoms with van der Waals surface area (Å²) in [6, 6.07) is 7.62. The number of carbonyl (C=O) groups excluding carboxylic acids is 1. The van der Waals surface area contributed by atoms with Crippen molar-refractivity contribution in [3.63, 3.8) is 0 Å². The number of benzene rings is 1. The lowest BCUT2D eigenvalue weighted by molar-refractivity contribution is -0.108. The van der Waals surface area contributed by atoms with E-state index in [9.17, 15) is 4.79 Å². The van der Waals surface area contributed by atoms with Gasteiger partial charge in [-0.25, -0.2) is 0 Å². The molecule has 1 aromatic rings. The molecule has 0 aliphatic heterocycles.